The summed E-state index contributed by atoms with van der Waals surface area (Å²) >= 11 is 12.6. The number of rotatable bonds is 18. The molecule has 294 valence electrons. The van der Waals surface area contributed by atoms with Crippen LogP contribution in [0.4, 0.5) is 13.2 Å². The summed E-state index contributed by atoms with van der Waals surface area (Å²) in [6, 6.07) is 16.7. The van der Waals surface area contributed by atoms with E-state index in [9.17, 15) is 18.4 Å². The van der Waals surface area contributed by atoms with Crippen molar-refractivity contribution in [2.24, 2.45) is 11.8 Å². The topological polar surface area (TPSA) is 86.3 Å². The summed E-state index contributed by atoms with van der Waals surface area (Å²) in [5, 5.41) is 3.71. The van der Waals surface area contributed by atoms with Gasteiger partial charge < -0.3 is 18.9 Å². The van der Waals surface area contributed by atoms with E-state index in [1.807, 2.05) is 6.07 Å². The highest BCUT2D eigenvalue weighted by molar-refractivity contribution is 6.35. The number of allylic oxidation sites excluding steroid dienone is 2. The molecule has 7 rings (SSSR count). The van der Waals surface area contributed by atoms with Gasteiger partial charge in [-0.25, -0.2) is 9.18 Å². The molecule has 2 bridgehead atoms. The molecule has 3 aliphatic heterocycles. The van der Waals surface area contributed by atoms with Crippen LogP contribution < -0.4 is 14.8 Å². The zero-order chi connectivity index (χ0) is 39.1. The Morgan fingerprint density at radius 1 is 0.964 bits per heavy atom. The van der Waals surface area contributed by atoms with Crippen molar-refractivity contribution in [2.45, 2.75) is 76.9 Å². The molecule has 1 aliphatic carbocycles. The first-order valence-corrected chi connectivity index (χ1v) is 19.3. The molecule has 0 aromatic heterocycles. The Kier molecular flexibility index (Phi) is 13.8. The number of carbonyl (C=O) groups excluding carboxylic acids is 2. The van der Waals surface area contributed by atoms with E-state index < -0.39 is 36.5 Å². The zero-order valence-corrected chi connectivity index (χ0v) is 32.1. The van der Waals surface area contributed by atoms with E-state index in [4.69, 9.17) is 42.1 Å². The summed E-state index contributed by atoms with van der Waals surface area (Å²) in [4.78, 5) is 29.5. The molecule has 1 N–H and O–H groups in total. The number of esters is 2. The predicted molar refractivity (Wildman–Crippen MR) is 203 cm³/mol. The highest BCUT2D eigenvalue weighted by Crippen LogP contribution is 2.39. The lowest BCUT2D eigenvalue weighted by Crippen LogP contribution is -2.52. The lowest BCUT2D eigenvalue weighted by Gasteiger charge is -2.44. The van der Waals surface area contributed by atoms with Crippen molar-refractivity contribution in [1.82, 2.24) is 10.2 Å². The van der Waals surface area contributed by atoms with Gasteiger partial charge in [0, 0.05) is 35.1 Å². The molecule has 0 spiro atoms. The van der Waals surface area contributed by atoms with Crippen LogP contribution in [0.1, 0.15) is 73.4 Å². The highest BCUT2D eigenvalue weighted by atomic mass is 35.5. The summed E-state index contributed by atoms with van der Waals surface area (Å²) in [6.45, 7) is 5.56. The minimum atomic E-state index is -3.06. The van der Waals surface area contributed by atoms with E-state index in [2.05, 4.69) is 16.8 Å². The molecule has 1 unspecified atom stereocenters. The number of piperidine rings is 3. The van der Waals surface area contributed by atoms with E-state index in [1.54, 1.807) is 43.3 Å². The van der Waals surface area contributed by atoms with Crippen LogP contribution in [0.15, 0.2) is 88.9 Å². The third-order valence-corrected chi connectivity index (χ3v) is 10.8. The fourth-order valence-corrected chi connectivity index (χ4v) is 7.56. The van der Waals surface area contributed by atoms with E-state index in [1.165, 1.54) is 24.3 Å². The molecule has 3 heterocycles. The van der Waals surface area contributed by atoms with Crippen LogP contribution in [0.3, 0.4) is 0 Å². The molecular weight excluding hydrogens is 756 g/mol. The van der Waals surface area contributed by atoms with Gasteiger partial charge in [-0.3, -0.25) is 15.0 Å². The number of hydrogen-bond acceptors (Lipinski definition) is 8. The number of halogens is 5. The minimum Gasteiger partial charge on any atom is -0.489 e. The Labute approximate surface area is 329 Å². The molecule has 13 heteroatoms. The number of hydrogen-bond donors (Lipinski definition) is 1. The van der Waals surface area contributed by atoms with Crippen LogP contribution in [-0.2, 0) is 32.0 Å². The van der Waals surface area contributed by atoms with Crippen LogP contribution in [0.5, 0.6) is 11.5 Å². The second-order valence-electron chi connectivity index (χ2n) is 14.4. The van der Waals surface area contributed by atoms with Crippen LogP contribution in [0, 0.1) is 17.7 Å². The van der Waals surface area contributed by atoms with Gasteiger partial charge in [0.25, 0.3) is 0 Å². The van der Waals surface area contributed by atoms with Gasteiger partial charge >= 0.3 is 18.6 Å². The highest BCUT2D eigenvalue weighted by Gasteiger charge is 2.38. The second-order valence-corrected chi connectivity index (χ2v) is 15.4. The number of nitrogens with one attached hydrogen (secondary N) is 1. The predicted octanol–water partition coefficient (Wildman–Crippen LogP) is 9.17. The van der Waals surface area contributed by atoms with Crippen LogP contribution in [-0.4, -0.2) is 55.8 Å². The van der Waals surface area contributed by atoms with Gasteiger partial charge in [-0.15, -0.1) is 0 Å². The van der Waals surface area contributed by atoms with Gasteiger partial charge in [0.15, 0.2) is 11.5 Å². The Morgan fingerprint density at radius 3 is 2.36 bits per heavy atom. The quantitative estimate of drug-likeness (QED) is 0.101. The van der Waals surface area contributed by atoms with Crippen molar-refractivity contribution in [3.63, 3.8) is 0 Å². The maximum absolute atomic E-state index is 15.0. The van der Waals surface area contributed by atoms with Crippen LogP contribution in [0.2, 0.25) is 0 Å². The van der Waals surface area contributed by atoms with E-state index >= 15 is 4.39 Å². The maximum Gasteiger partial charge on any atom is 0.387 e. The van der Waals surface area contributed by atoms with Gasteiger partial charge in [0.2, 0.25) is 0 Å². The fourth-order valence-electron chi connectivity index (χ4n) is 7.10. The molecular formula is C42H45Cl2F3N2O6. The van der Waals surface area contributed by atoms with Gasteiger partial charge in [-0.05, 0) is 98.0 Å². The van der Waals surface area contributed by atoms with E-state index in [-0.39, 0.29) is 47.6 Å². The zero-order valence-electron chi connectivity index (χ0n) is 30.6. The normalized spacial score (nSPS) is 20.7. The summed E-state index contributed by atoms with van der Waals surface area (Å²) in [7, 11) is 0. The third kappa shape index (κ3) is 11.3. The maximum atomic E-state index is 15.0. The average molecular weight is 802 g/mol. The largest absolute Gasteiger partial charge is 0.489 e. The lowest BCUT2D eigenvalue weighted by molar-refractivity contribution is -0.161. The molecule has 3 atom stereocenters. The SMILES string of the molecule is C=C(Cl)/C(C[C@H](OC(=O)Cc1cccc(CNC(C(=O)O[C@H]2CN3CCC2CC3)c2ccccc2F)c1)c1ccc(OC(F)F)c(OCC2CC2)c1)=C(\C)Cl. The standard InChI is InChI=1S/C42H45Cl2F3N2O6/c1-25(43)33(26(2)44)21-36(31-12-13-35(55-42(46)47)37(20-31)52-24-27-10-11-27)53-39(50)19-28-6-5-7-29(18-28)22-48-40(32-8-3-4-9-34(32)45)41(51)54-38-23-49-16-14-30(38)15-17-49/h3-9,12-13,18,20,27,30,36,38,40,42,48H,1,10-11,14-17,19,21-24H2,2H3/b33-26+/t36-,38-,40?/m0/s1. The lowest BCUT2D eigenvalue weighted by atomic mass is 9.86. The first-order valence-electron chi connectivity index (χ1n) is 18.5. The Morgan fingerprint density at radius 2 is 1.71 bits per heavy atom. The van der Waals surface area contributed by atoms with Gasteiger partial charge in [-0.1, -0.05) is 78.3 Å². The number of benzene rings is 3. The molecule has 8 nitrogen and oxygen atoms in total. The summed E-state index contributed by atoms with van der Waals surface area (Å²) in [5.41, 5.74) is 2.47. The number of carbonyl (C=O) groups is 2. The first-order chi connectivity index (χ1) is 26.4. The smallest absolute Gasteiger partial charge is 0.387 e. The molecule has 55 heavy (non-hydrogen) atoms. The van der Waals surface area contributed by atoms with Crippen LogP contribution in [0.25, 0.3) is 0 Å². The number of alkyl halides is 2. The molecule has 3 aromatic rings. The van der Waals surface area contributed by atoms with Crippen molar-refractivity contribution in [3.05, 3.63) is 117 Å². The summed E-state index contributed by atoms with van der Waals surface area (Å²) in [5.74, 6) is -1.04. The average Bonchev–Trinajstić information content (AvgIpc) is 3.98. The molecule has 4 fully saturated rings. The van der Waals surface area contributed by atoms with Crippen molar-refractivity contribution in [3.8, 4) is 11.5 Å². The molecule has 0 radical (unpaired) electrons. The number of fused-ring (bicyclic) bond motifs is 3. The van der Waals surface area contributed by atoms with Crippen molar-refractivity contribution in [1.29, 1.82) is 0 Å². The van der Waals surface area contributed by atoms with Gasteiger partial charge in [0.05, 0.1) is 13.0 Å². The summed E-state index contributed by atoms with van der Waals surface area (Å²) in [6.07, 6.45) is 2.66. The molecule has 4 aliphatic rings. The molecule has 1 saturated carbocycles. The van der Waals surface area contributed by atoms with Gasteiger partial charge in [0.1, 0.15) is 24.1 Å². The fraction of sp³-hybridized carbons (Fsp3) is 0.429. The second kappa shape index (κ2) is 18.7. The van der Waals surface area contributed by atoms with Crippen LogP contribution >= 0.6 is 23.2 Å². The Hall–Kier alpha value is -4.03. The van der Waals surface area contributed by atoms with Crippen molar-refractivity contribution >= 4 is 35.1 Å². The molecule has 3 aromatic carbocycles. The third-order valence-electron chi connectivity index (χ3n) is 10.3. The minimum absolute atomic E-state index is 0.0532. The first kappa shape index (κ1) is 40.6. The van der Waals surface area contributed by atoms with Crippen molar-refractivity contribution in [2.75, 3.05) is 26.2 Å². The van der Waals surface area contributed by atoms with E-state index in [0.29, 0.717) is 46.7 Å². The monoisotopic (exact) mass is 800 g/mol. The number of ether oxygens (including phenoxy) is 4. The number of nitrogens with zero attached hydrogens (tertiary/aromatic N) is 1. The Balaban J connectivity index is 1.16. The molecule has 0 amide bonds. The van der Waals surface area contributed by atoms with Crippen molar-refractivity contribution < 1.29 is 41.7 Å². The summed E-state index contributed by atoms with van der Waals surface area (Å²) < 4.78 is 64.1. The molecule has 3 saturated heterocycles. The van der Waals surface area contributed by atoms with E-state index in [0.717, 1.165) is 44.3 Å². The van der Waals surface area contributed by atoms with Gasteiger partial charge in [-0.2, -0.15) is 8.78 Å². The Bertz CT molecular complexity index is 1880.